The lowest BCUT2D eigenvalue weighted by Crippen LogP contribution is -2.40. The van der Waals surface area contributed by atoms with Crippen LogP contribution in [0.5, 0.6) is 0 Å². The van der Waals surface area contributed by atoms with Crippen molar-refractivity contribution in [3.05, 3.63) is 5.82 Å². The van der Waals surface area contributed by atoms with Crippen molar-refractivity contribution in [2.45, 2.75) is 32.2 Å². The normalized spacial score (nSPS) is 14.9. The van der Waals surface area contributed by atoms with Crippen LogP contribution in [-0.4, -0.2) is 56.8 Å². The first-order valence-corrected chi connectivity index (χ1v) is 5.57. The van der Waals surface area contributed by atoms with E-state index in [1.807, 2.05) is 25.9 Å². The number of carbonyl (C=O) groups is 1. The van der Waals surface area contributed by atoms with E-state index >= 15 is 0 Å². The molecule has 0 bridgehead atoms. The van der Waals surface area contributed by atoms with E-state index in [-0.39, 0.29) is 0 Å². The summed E-state index contributed by atoms with van der Waals surface area (Å²) in [6.07, 6.45) is 1.06. The van der Waals surface area contributed by atoms with Gasteiger partial charge in [-0.1, -0.05) is 6.92 Å². The van der Waals surface area contributed by atoms with Crippen LogP contribution in [0.25, 0.3) is 0 Å². The van der Waals surface area contributed by atoms with Crippen molar-refractivity contribution in [3.8, 4) is 0 Å². The van der Waals surface area contributed by atoms with Gasteiger partial charge < -0.3 is 10.0 Å². The Morgan fingerprint density at radius 3 is 2.65 bits per heavy atom. The van der Waals surface area contributed by atoms with Gasteiger partial charge in [0.25, 0.3) is 0 Å². The average molecular weight is 241 g/mol. The third-order valence-corrected chi connectivity index (χ3v) is 2.93. The number of nitrogens with zero attached hydrogens (tertiary/aromatic N) is 5. The number of rotatable bonds is 6. The zero-order valence-electron chi connectivity index (χ0n) is 10.7. The number of hydrogen-bond acceptors (Lipinski definition) is 5. The van der Waals surface area contributed by atoms with Crippen molar-refractivity contribution < 1.29 is 9.90 Å². The second-order valence-electron chi connectivity index (χ2n) is 4.49. The Hall–Kier alpha value is -1.50. The summed E-state index contributed by atoms with van der Waals surface area (Å²) in [4.78, 5) is 13.3. The number of carboxylic acids is 1. The molecule has 0 amide bonds. The van der Waals surface area contributed by atoms with E-state index in [1.165, 1.54) is 4.68 Å². The summed E-state index contributed by atoms with van der Waals surface area (Å²) in [5.74, 6) is -0.316. The molecule has 1 heterocycles. The van der Waals surface area contributed by atoms with Crippen LogP contribution in [0.4, 0.5) is 0 Å². The highest BCUT2D eigenvalue weighted by Crippen LogP contribution is 2.20. The van der Waals surface area contributed by atoms with Gasteiger partial charge in [0.2, 0.25) is 0 Å². The first-order chi connectivity index (χ1) is 7.91. The number of tetrazole rings is 1. The Morgan fingerprint density at radius 1 is 1.53 bits per heavy atom. The number of hydrogen-bond donors (Lipinski definition) is 1. The quantitative estimate of drug-likeness (QED) is 0.754. The monoisotopic (exact) mass is 241 g/mol. The summed E-state index contributed by atoms with van der Waals surface area (Å²) in [6, 6.07) is 0. The SMILES string of the molecule is CCC(C)(C(=O)O)n1nnnc1CCN(C)C. The molecule has 17 heavy (non-hydrogen) atoms. The Kier molecular flexibility index (Phi) is 4.17. The molecule has 0 fully saturated rings. The van der Waals surface area contributed by atoms with Gasteiger partial charge in [0.1, 0.15) is 0 Å². The molecule has 0 spiro atoms. The van der Waals surface area contributed by atoms with E-state index in [9.17, 15) is 9.90 Å². The van der Waals surface area contributed by atoms with Crippen LogP contribution in [0.3, 0.4) is 0 Å². The second-order valence-corrected chi connectivity index (χ2v) is 4.49. The molecule has 7 heteroatoms. The topological polar surface area (TPSA) is 84.1 Å². The number of carboxylic acid groups (broad SMARTS) is 1. The molecule has 1 unspecified atom stereocenters. The molecule has 1 atom stereocenters. The summed E-state index contributed by atoms with van der Waals surface area (Å²) in [5.41, 5.74) is -1.08. The van der Waals surface area contributed by atoms with E-state index in [2.05, 4.69) is 15.5 Å². The molecule has 0 aliphatic rings. The van der Waals surface area contributed by atoms with Crippen LogP contribution in [-0.2, 0) is 16.8 Å². The molecule has 1 aromatic rings. The smallest absolute Gasteiger partial charge is 0.331 e. The maximum Gasteiger partial charge on any atom is 0.331 e. The Balaban J connectivity index is 2.97. The van der Waals surface area contributed by atoms with E-state index in [0.29, 0.717) is 18.7 Å². The minimum absolute atomic E-state index is 0.433. The predicted octanol–water partition coefficient (Wildman–Crippen LogP) is -0.0130. The highest BCUT2D eigenvalue weighted by Gasteiger charge is 2.36. The molecule has 0 saturated heterocycles. The van der Waals surface area contributed by atoms with Crippen LogP contribution in [0.15, 0.2) is 0 Å². The summed E-state index contributed by atoms with van der Waals surface area (Å²) in [5, 5.41) is 20.6. The fraction of sp³-hybridized carbons (Fsp3) is 0.800. The predicted molar refractivity (Wildman–Crippen MR) is 61.6 cm³/mol. The average Bonchev–Trinajstić information content (AvgIpc) is 2.73. The van der Waals surface area contributed by atoms with Crippen molar-refractivity contribution in [2.75, 3.05) is 20.6 Å². The van der Waals surface area contributed by atoms with E-state index in [4.69, 9.17) is 0 Å². The zero-order chi connectivity index (χ0) is 13.1. The summed E-state index contributed by atoms with van der Waals surface area (Å²) >= 11 is 0. The van der Waals surface area contributed by atoms with E-state index < -0.39 is 11.5 Å². The molecule has 0 saturated carbocycles. The fourth-order valence-corrected chi connectivity index (χ4v) is 1.46. The molecule has 1 N–H and O–H groups in total. The van der Waals surface area contributed by atoms with E-state index in [1.54, 1.807) is 6.92 Å². The largest absolute Gasteiger partial charge is 0.479 e. The van der Waals surface area contributed by atoms with Crippen molar-refractivity contribution in [3.63, 3.8) is 0 Å². The molecular formula is C10H19N5O2. The minimum Gasteiger partial charge on any atom is -0.479 e. The molecule has 0 radical (unpaired) electrons. The van der Waals surface area contributed by atoms with Gasteiger partial charge in [-0.05, 0) is 37.9 Å². The van der Waals surface area contributed by atoms with Crippen LogP contribution in [0.2, 0.25) is 0 Å². The van der Waals surface area contributed by atoms with Crippen molar-refractivity contribution in [2.24, 2.45) is 0 Å². The lowest BCUT2D eigenvalue weighted by Gasteiger charge is -2.24. The van der Waals surface area contributed by atoms with Crippen LogP contribution < -0.4 is 0 Å². The van der Waals surface area contributed by atoms with Gasteiger partial charge in [-0.2, -0.15) is 0 Å². The Labute approximate surface area is 100 Å². The molecule has 0 aliphatic carbocycles. The van der Waals surface area contributed by atoms with Crippen LogP contribution in [0.1, 0.15) is 26.1 Å². The van der Waals surface area contributed by atoms with Gasteiger partial charge in [0.15, 0.2) is 11.4 Å². The highest BCUT2D eigenvalue weighted by molar-refractivity contribution is 5.76. The van der Waals surface area contributed by atoms with Crippen molar-refractivity contribution >= 4 is 5.97 Å². The Bertz CT molecular complexity index is 390. The molecule has 96 valence electrons. The maximum absolute atomic E-state index is 11.3. The standard InChI is InChI=1S/C10H19N5O2/c1-5-10(2,9(16)17)15-8(11-12-13-15)6-7-14(3)4/h5-7H2,1-4H3,(H,16,17). The lowest BCUT2D eigenvalue weighted by atomic mass is 9.99. The summed E-state index contributed by atoms with van der Waals surface area (Å²) < 4.78 is 1.42. The van der Waals surface area contributed by atoms with Crippen molar-refractivity contribution in [1.82, 2.24) is 25.1 Å². The molecule has 0 aliphatic heterocycles. The molecule has 1 aromatic heterocycles. The zero-order valence-corrected chi connectivity index (χ0v) is 10.7. The van der Waals surface area contributed by atoms with Gasteiger partial charge in [0, 0.05) is 13.0 Å². The van der Waals surface area contributed by atoms with Gasteiger partial charge in [-0.15, -0.1) is 5.10 Å². The molecule has 1 rings (SSSR count). The minimum atomic E-state index is -1.08. The number of likely N-dealkylation sites (N-methyl/N-ethyl adjacent to an activating group) is 1. The van der Waals surface area contributed by atoms with Gasteiger partial charge >= 0.3 is 5.97 Å². The van der Waals surface area contributed by atoms with Crippen LogP contribution >= 0.6 is 0 Å². The first kappa shape index (κ1) is 13.6. The fourth-order valence-electron chi connectivity index (χ4n) is 1.46. The highest BCUT2D eigenvalue weighted by atomic mass is 16.4. The molecule has 0 aromatic carbocycles. The Morgan fingerprint density at radius 2 is 2.18 bits per heavy atom. The van der Waals surface area contributed by atoms with E-state index in [0.717, 1.165) is 6.54 Å². The number of aromatic nitrogens is 4. The van der Waals surface area contributed by atoms with Crippen molar-refractivity contribution in [1.29, 1.82) is 0 Å². The van der Waals surface area contributed by atoms with Gasteiger partial charge in [-0.25, -0.2) is 9.48 Å². The molecule has 7 nitrogen and oxygen atoms in total. The lowest BCUT2D eigenvalue weighted by molar-refractivity contribution is -0.147. The molecular weight excluding hydrogens is 222 g/mol. The second kappa shape index (κ2) is 5.22. The summed E-state index contributed by atoms with van der Waals surface area (Å²) in [7, 11) is 3.90. The van der Waals surface area contributed by atoms with Crippen LogP contribution in [0, 0.1) is 0 Å². The first-order valence-electron chi connectivity index (χ1n) is 5.57. The van der Waals surface area contributed by atoms with Gasteiger partial charge in [0.05, 0.1) is 0 Å². The third kappa shape index (κ3) is 2.79. The number of aliphatic carboxylic acids is 1. The third-order valence-electron chi connectivity index (χ3n) is 2.93. The summed E-state index contributed by atoms with van der Waals surface area (Å²) in [6.45, 7) is 4.22. The maximum atomic E-state index is 11.3. The van der Waals surface area contributed by atoms with Gasteiger partial charge in [-0.3, -0.25) is 0 Å².